The van der Waals surface area contributed by atoms with Crippen molar-refractivity contribution in [2.75, 3.05) is 13.1 Å². The smallest absolute Gasteiger partial charge is 0.0824 e. The third-order valence-corrected chi connectivity index (χ3v) is 4.31. The highest BCUT2D eigenvalue weighted by Crippen LogP contribution is 2.24. The van der Waals surface area contributed by atoms with Crippen molar-refractivity contribution in [2.45, 2.75) is 63.9 Å². The fraction of sp³-hybridized carbons (Fsp3) is 1.00. The normalized spacial score (nSPS) is 27.8. The predicted molar refractivity (Wildman–Crippen MR) is 73.7 cm³/mol. The molecular formula is C14H29NO4. The van der Waals surface area contributed by atoms with Gasteiger partial charge >= 0.3 is 0 Å². The van der Waals surface area contributed by atoms with Crippen molar-refractivity contribution < 1.29 is 20.4 Å². The molecule has 0 amide bonds. The lowest BCUT2D eigenvalue weighted by Crippen LogP contribution is -2.36. The fourth-order valence-electron chi connectivity index (χ4n) is 2.73. The van der Waals surface area contributed by atoms with Gasteiger partial charge in [-0.1, -0.05) is 13.8 Å². The molecule has 0 saturated carbocycles. The first-order valence-electron chi connectivity index (χ1n) is 7.38. The van der Waals surface area contributed by atoms with E-state index in [-0.39, 0.29) is 6.42 Å². The van der Waals surface area contributed by atoms with E-state index in [0.29, 0.717) is 24.7 Å². The van der Waals surface area contributed by atoms with Crippen LogP contribution in [0.2, 0.25) is 0 Å². The van der Waals surface area contributed by atoms with Crippen molar-refractivity contribution in [3.63, 3.8) is 0 Å². The Bertz CT molecular complexity index is 246. The lowest BCUT2D eigenvalue weighted by atomic mass is 9.86. The highest BCUT2D eigenvalue weighted by Gasteiger charge is 2.28. The first kappa shape index (κ1) is 16.9. The summed E-state index contributed by atoms with van der Waals surface area (Å²) in [6.07, 6.45) is -1.53. The van der Waals surface area contributed by atoms with Crippen LogP contribution in [0, 0.1) is 11.8 Å². The van der Waals surface area contributed by atoms with Crippen LogP contribution in [0.4, 0.5) is 0 Å². The van der Waals surface area contributed by atoms with Crippen molar-refractivity contribution in [3.8, 4) is 0 Å². The molecule has 1 fully saturated rings. The van der Waals surface area contributed by atoms with Gasteiger partial charge in [0.1, 0.15) is 0 Å². The zero-order valence-electron chi connectivity index (χ0n) is 12.0. The number of hydrogen-bond acceptors (Lipinski definition) is 5. The van der Waals surface area contributed by atoms with E-state index >= 15 is 0 Å². The standard InChI is InChI=1S/C14H29NO4/c1-3-11(16)13(18)7-14(19)12(17)6-9(2)10-4-5-15-8-10/h9-19H,3-8H2,1-2H3/t9-,10+,11?,12+,13+,14-/m0/s1. The van der Waals surface area contributed by atoms with E-state index in [1.54, 1.807) is 6.92 Å². The molecule has 6 atom stereocenters. The minimum atomic E-state index is -0.979. The van der Waals surface area contributed by atoms with E-state index in [2.05, 4.69) is 12.2 Å². The molecule has 0 bridgehead atoms. The molecule has 1 heterocycles. The summed E-state index contributed by atoms with van der Waals surface area (Å²) in [4.78, 5) is 0. The highest BCUT2D eigenvalue weighted by molar-refractivity contribution is 4.81. The maximum absolute atomic E-state index is 9.99. The van der Waals surface area contributed by atoms with Crippen molar-refractivity contribution in [3.05, 3.63) is 0 Å². The van der Waals surface area contributed by atoms with E-state index in [1.807, 2.05) is 0 Å². The van der Waals surface area contributed by atoms with Crippen LogP contribution in [-0.4, -0.2) is 57.9 Å². The Hall–Kier alpha value is -0.200. The summed E-state index contributed by atoms with van der Waals surface area (Å²) in [6.45, 7) is 5.85. The predicted octanol–water partition coefficient (Wildman–Crippen LogP) is -0.134. The summed E-state index contributed by atoms with van der Waals surface area (Å²) in [5.41, 5.74) is 0. The monoisotopic (exact) mass is 275 g/mol. The molecule has 0 spiro atoms. The molecule has 5 heteroatoms. The molecule has 1 aliphatic rings. The van der Waals surface area contributed by atoms with Gasteiger partial charge in [0.2, 0.25) is 0 Å². The van der Waals surface area contributed by atoms with Crippen LogP contribution in [0.3, 0.4) is 0 Å². The van der Waals surface area contributed by atoms with Crippen molar-refractivity contribution in [2.24, 2.45) is 11.8 Å². The van der Waals surface area contributed by atoms with Gasteiger partial charge in [-0.15, -0.1) is 0 Å². The van der Waals surface area contributed by atoms with Crippen LogP contribution in [-0.2, 0) is 0 Å². The Morgan fingerprint density at radius 2 is 1.58 bits per heavy atom. The van der Waals surface area contributed by atoms with E-state index in [1.165, 1.54) is 0 Å². The summed E-state index contributed by atoms with van der Waals surface area (Å²) in [5, 5.41) is 42.3. The Morgan fingerprint density at radius 1 is 1.00 bits per heavy atom. The fourth-order valence-corrected chi connectivity index (χ4v) is 2.73. The van der Waals surface area contributed by atoms with E-state index in [4.69, 9.17) is 0 Å². The largest absolute Gasteiger partial charge is 0.390 e. The Kier molecular flexibility index (Phi) is 7.25. The summed E-state index contributed by atoms with van der Waals surface area (Å²) in [7, 11) is 0. The van der Waals surface area contributed by atoms with Gasteiger partial charge in [0.15, 0.2) is 0 Å². The van der Waals surface area contributed by atoms with Gasteiger partial charge in [0, 0.05) is 6.42 Å². The molecule has 19 heavy (non-hydrogen) atoms. The van der Waals surface area contributed by atoms with Crippen LogP contribution in [0.15, 0.2) is 0 Å². The summed E-state index contributed by atoms with van der Waals surface area (Å²) >= 11 is 0. The number of aliphatic hydroxyl groups excluding tert-OH is 4. The van der Waals surface area contributed by atoms with Crippen LogP contribution >= 0.6 is 0 Å². The molecule has 0 aromatic rings. The number of nitrogens with one attached hydrogen (secondary N) is 1. The molecule has 0 aromatic heterocycles. The third kappa shape index (κ3) is 5.36. The van der Waals surface area contributed by atoms with Crippen LogP contribution in [0.5, 0.6) is 0 Å². The summed E-state index contributed by atoms with van der Waals surface area (Å²) in [5.74, 6) is 0.890. The van der Waals surface area contributed by atoms with Gasteiger partial charge in [-0.3, -0.25) is 0 Å². The SMILES string of the molecule is CCC(O)[C@H](O)C[C@H](O)[C@H](O)C[C@H](C)[C@@H]1CCNC1. The lowest BCUT2D eigenvalue weighted by molar-refractivity contribution is -0.0548. The zero-order chi connectivity index (χ0) is 14.4. The minimum Gasteiger partial charge on any atom is -0.390 e. The van der Waals surface area contributed by atoms with E-state index in [9.17, 15) is 20.4 Å². The second kappa shape index (κ2) is 8.17. The van der Waals surface area contributed by atoms with Crippen LogP contribution < -0.4 is 5.32 Å². The number of rotatable bonds is 8. The van der Waals surface area contributed by atoms with Gasteiger partial charge in [0.25, 0.3) is 0 Å². The minimum absolute atomic E-state index is 0.0197. The molecular weight excluding hydrogens is 246 g/mol. The zero-order valence-corrected chi connectivity index (χ0v) is 12.0. The van der Waals surface area contributed by atoms with Gasteiger partial charge < -0.3 is 25.7 Å². The molecule has 1 unspecified atom stereocenters. The molecule has 0 aromatic carbocycles. The molecule has 1 rings (SSSR count). The van der Waals surface area contributed by atoms with Gasteiger partial charge in [-0.2, -0.15) is 0 Å². The topological polar surface area (TPSA) is 93.0 Å². The summed E-state index contributed by atoms with van der Waals surface area (Å²) < 4.78 is 0. The molecule has 1 aliphatic heterocycles. The molecule has 5 nitrogen and oxygen atoms in total. The Labute approximate surface area is 115 Å². The van der Waals surface area contributed by atoms with Gasteiger partial charge in [-0.25, -0.2) is 0 Å². The number of hydrogen-bond donors (Lipinski definition) is 5. The summed E-state index contributed by atoms with van der Waals surface area (Å²) in [6, 6.07) is 0. The highest BCUT2D eigenvalue weighted by atomic mass is 16.3. The molecule has 0 aliphatic carbocycles. The first-order chi connectivity index (χ1) is 8.95. The lowest BCUT2D eigenvalue weighted by Gasteiger charge is -2.26. The molecule has 5 N–H and O–H groups in total. The number of aliphatic hydroxyl groups is 4. The van der Waals surface area contributed by atoms with E-state index < -0.39 is 24.4 Å². The van der Waals surface area contributed by atoms with Crippen molar-refractivity contribution >= 4 is 0 Å². The van der Waals surface area contributed by atoms with Crippen LogP contribution in [0.25, 0.3) is 0 Å². The third-order valence-electron chi connectivity index (χ3n) is 4.31. The second-order valence-corrected chi connectivity index (χ2v) is 5.88. The maximum Gasteiger partial charge on any atom is 0.0824 e. The average Bonchev–Trinajstić information content (AvgIpc) is 2.91. The van der Waals surface area contributed by atoms with Crippen molar-refractivity contribution in [1.29, 1.82) is 0 Å². The molecule has 1 saturated heterocycles. The second-order valence-electron chi connectivity index (χ2n) is 5.88. The average molecular weight is 275 g/mol. The van der Waals surface area contributed by atoms with Crippen LogP contribution in [0.1, 0.15) is 39.5 Å². The van der Waals surface area contributed by atoms with Gasteiger partial charge in [-0.05, 0) is 44.2 Å². The van der Waals surface area contributed by atoms with Crippen molar-refractivity contribution in [1.82, 2.24) is 5.32 Å². The quantitative estimate of drug-likeness (QED) is 0.425. The Morgan fingerprint density at radius 3 is 2.11 bits per heavy atom. The van der Waals surface area contributed by atoms with E-state index in [0.717, 1.165) is 19.5 Å². The van der Waals surface area contributed by atoms with Gasteiger partial charge in [0.05, 0.1) is 24.4 Å². The first-order valence-corrected chi connectivity index (χ1v) is 7.38. The molecule has 114 valence electrons. The molecule has 0 radical (unpaired) electrons. The maximum atomic E-state index is 9.99. The Balaban J connectivity index is 2.32.